The number of aliphatic carboxylic acids is 1. The number of likely N-dealkylation sites (tertiary alicyclic amines) is 1. The van der Waals surface area contributed by atoms with Crippen molar-refractivity contribution in [3.63, 3.8) is 0 Å². The van der Waals surface area contributed by atoms with Crippen LogP contribution in [0.4, 0.5) is 0 Å². The highest BCUT2D eigenvalue weighted by Gasteiger charge is 2.45. The molecule has 1 heterocycles. The minimum absolute atomic E-state index is 0.199. The largest absolute Gasteiger partial charge is 0.481 e. The summed E-state index contributed by atoms with van der Waals surface area (Å²) >= 11 is 0. The molecule has 2 rings (SSSR count). The van der Waals surface area contributed by atoms with Crippen LogP contribution >= 0.6 is 0 Å². The Hall–Kier alpha value is -1.10. The number of amides is 1. The zero-order valence-electron chi connectivity index (χ0n) is 10.7. The van der Waals surface area contributed by atoms with Crippen LogP contribution < -0.4 is 5.73 Å². The molecule has 3 N–H and O–H groups in total. The molecular formula is C13H22N2O3. The van der Waals surface area contributed by atoms with Crippen LogP contribution in [0.3, 0.4) is 0 Å². The Kier molecular flexibility index (Phi) is 3.90. The van der Waals surface area contributed by atoms with E-state index < -0.39 is 5.97 Å². The van der Waals surface area contributed by atoms with Gasteiger partial charge in [0.1, 0.15) is 0 Å². The summed E-state index contributed by atoms with van der Waals surface area (Å²) < 4.78 is 0. The van der Waals surface area contributed by atoms with Crippen molar-refractivity contribution in [2.75, 3.05) is 19.6 Å². The first-order chi connectivity index (χ1) is 8.57. The first kappa shape index (κ1) is 13.3. The summed E-state index contributed by atoms with van der Waals surface area (Å²) in [6, 6.07) is 0. The fourth-order valence-corrected chi connectivity index (χ4v) is 3.03. The lowest BCUT2D eigenvalue weighted by molar-refractivity contribution is -0.148. The lowest BCUT2D eigenvalue weighted by Crippen LogP contribution is -2.53. The third-order valence-electron chi connectivity index (χ3n) is 4.52. The SMILES string of the molecule is NCC1(C(=O)N2CCC(CC(=O)O)CC2)CCC1. The summed E-state index contributed by atoms with van der Waals surface area (Å²) in [5.74, 6) is -0.316. The number of carbonyl (C=O) groups is 2. The van der Waals surface area contributed by atoms with E-state index in [0.717, 1.165) is 32.1 Å². The van der Waals surface area contributed by atoms with Crippen molar-refractivity contribution in [1.82, 2.24) is 4.90 Å². The van der Waals surface area contributed by atoms with Crippen LogP contribution in [0.2, 0.25) is 0 Å². The van der Waals surface area contributed by atoms with Crippen LogP contribution in [0, 0.1) is 11.3 Å². The molecule has 0 spiro atoms. The predicted octanol–water partition coefficient (Wildman–Crippen LogP) is 0.829. The van der Waals surface area contributed by atoms with Gasteiger partial charge in [0.05, 0.1) is 5.41 Å². The van der Waals surface area contributed by atoms with Crippen molar-refractivity contribution in [2.24, 2.45) is 17.1 Å². The van der Waals surface area contributed by atoms with E-state index in [9.17, 15) is 9.59 Å². The van der Waals surface area contributed by atoms with Gasteiger partial charge in [-0.05, 0) is 31.6 Å². The number of carboxylic acids is 1. The molecule has 5 nitrogen and oxygen atoms in total. The standard InChI is InChI=1S/C13H22N2O3/c14-9-13(4-1-5-13)12(18)15-6-2-10(3-7-15)8-11(16)17/h10H,1-9,14H2,(H,16,17). The Morgan fingerprint density at radius 2 is 1.89 bits per heavy atom. The number of rotatable bonds is 4. The molecule has 0 aromatic heterocycles. The van der Waals surface area contributed by atoms with E-state index in [4.69, 9.17) is 10.8 Å². The summed E-state index contributed by atoms with van der Waals surface area (Å²) in [5.41, 5.74) is 5.45. The van der Waals surface area contributed by atoms with E-state index in [0.29, 0.717) is 19.6 Å². The van der Waals surface area contributed by atoms with Gasteiger partial charge in [0.15, 0.2) is 0 Å². The van der Waals surface area contributed by atoms with Crippen LogP contribution in [0.5, 0.6) is 0 Å². The lowest BCUT2D eigenvalue weighted by Gasteiger charge is -2.44. The molecule has 18 heavy (non-hydrogen) atoms. The fraction of sp³-hybridized carbons (Fsp3) is 0.846. The highest BCUT2D eigenvalue weighted by atomic mass is 16.4. The molecule has 0 unspecified atom stereocenters. The molecule has 0 aromatic rings. The molecule has 1 saturated heterocycles. The number of piperidine rings is 1. The first-order valence-electron chi connectivity index (χ1n) is 6.79. The van der Waals surface area contributed by atoms with Gasteiger partial charge in [0.25, 0.3) is 0 Å². The van der Waals surface area contributed by atoms with Gasteiger partial charge in [-0.3, -0.25) is 9.59 Å². The highest BCUT2D eigenvalue weighted by Crippen LogP contribution is 2.42. The average molecular weight is 254 g/mol. The Morgan fingerprint density at radius 1 is 1.28 bits per heavy atom. The summed E-state index contributed by atoms with van der Waals surface area (Å²) in [6.45, 7) is 1.83. The predicted molar refractivity (Wildman–Crippen MR) is 66.9 cm³/mol. The fourth-order valence-electron chi connectivity index (χ4n) is 3.03. The molecule has 0 radical (unpaired) electrons. The Balaban J connectivity index is 1.86. The van der Waals surface area contributed by atoms with Crippen LogP contribution in [-0.4, -0.2) is 41.5 Å². The van der Waals surface area contributed by atoms with Crippen molar-refractivity contribution in [2.45, 2.75) is 38.5 Å². The summed E-state index contributed by atoms with van der Waals surface area (Å²) in [4.78, 5) is 24.9. The van der Waals surface area contributed by atoms with E-state index in [-0.39, 0.29) is 23.7 Å². The molecule has 0 aromatic carbocycles. The van der Waals surface area contributed by atoms with Crippen molar-refractivity contribution in [3.8, 4) is 0 Å². The third kappa shape index (κ3) is 2.51. The lowest BCUT2D eigenvalue weighted by atomic mass is 9.67. The smallest absolute Gasteiger partial charge is 0.303 e. The highest BCUT2D eigenvalue weighted by molar-refractivity contribution is 5.84. The number of hydrogen-bond donors (Lipinski definition) is 2. The number of nitrogens with two attached hydrogens (primary N) is 1. The second kappa shape index (κ2) is 5.26. The maximum absolute atomic E-state index is 12.4. The molecule has 2 fully saturated rings. The Labute approximate surface area is 107 Å². The molecule has 0 atom stereocenters. The first-order valence-corrected chi connectivity index (χ1v) is 6.79. The maximum atomic E-state index is 12.4. The van der Waals surface area contributed by atoms with Crippen molar-refractivity contribution >= 4 is 11.9 Å². The van der Waals surface area contributed by atoms with Gasteiger partial charge in [-0.25, -0.2) is 0 Å². The van der Waals surface area contributed by atoms with Gasteiger partial charge in [-0.2, -0.15) is 0 Å². The summed E-state index contributed by atoms with van der Waals surface area (Å²) in [5, 5.41) is 8.76. The van der Waals surface area contributed by atoms with Crippen LogP contribution in [-0.2, 0) is 9.59 Å². The second-order valence-corrected chi connectivity index (χ2v) is 5.67. The Morgan fingerprint density at radius 3 is 2.28 bits per heavy atom. The van der Waals surface area contributed by atoms with Gasteiger partial charge in [0, 0.05) is 26.1 Å². The van der Waals surface area contributed by atoms with E-state index in [1.54, 1.807) is 0 Å². The zero-order valence-corrected chi connectivity index (χ0v) is 10.7. The molecule has 102 valence electrons. The minimum atomic E-state index is -0.739. The summed E-state index contributed by atoms with van der Waals surface area (Å²) in [6.07, 6.45) is 4.76. The van der Waals surface area contributed by atoms with E-state index in [2.05, 4.69) is 0 Å². The van der Waals surface area contributed by atoms with Gasteiger partial charge in [-0.15, -0.1) is 0 Å². The topological polar surface area (TPSA) is 83.6 Å². The van der Waals surface area contributed by atoms with E-state index in [1.807, 2.05) is 4.90 Å². The number of carboxylic acid groups (broad SMARTS) is 1. The molecular weight excluding hydrogens is 232 g/mol. The van der Waals surface area contributed by atoms with Crippen molar-refractivity contribution in [1.29, 1.82) is 0 Å². The van der Waals surface area contributed by atoms with Gasteiger partial charge >= 0.3 is 5.97 Å². The summed E-state index contributed by atoms with van der Waals surface area (Å²) in [7, 11) is 0. The number of nitrogens with zero attached hydrogens (tertiary/aromatic N) is 1. The van der Waals surface area contributed by atoms with Gasteiger partial charge in [-0.1, -0.05) is 6.42 Å². The maximum Gasteiger partial charge on any atom is 0.303 e. The average Bonchev–Trinajstić information content (AvgIpc) is 2.28. The monoisotopic (exact) mass is 254 g/mol. The van der Waals surface area contributed by atoms with Gasteiger partial charge < -0.3 is 15.7 Å². The van der Waals surface area contributed by atoms with Crippen LogP contribution in [0.1, 0.15) is 38.5 Å². The van der Waals surface area contributed by atoms with Crippen molar-refractivity contribution < 1.29 is 14.7 Å². The second-order valence-electron chi connectivity index (χ2n) is 5.67. The molecule has 5 heteroatoms. The van der Waals surface area contributed by atoms with Gasteiger partial charge in [0.2, 0.25) is 5.91 Å². The molecule has 1 amide bonds. The Bertz CT molecular complexity index is 326. The number of carbonyl (C=O) groups excluding carboxylic acids is 1. The van der Waals surface area contributed by atoms with E-state index >= 15 is 0 Å². The molecule has 2 aliphatic rings. The van der Waals surface area contributed by atoms with Crippen LogP contribution in [0.15, 0.2) is 0 Å². The molecule has 1 aliphatic heterocycles. The third-order valence-corrected chi connectivity index (χ3v) is 4.52. The number of hydrogen-bond acceptors (Lipinski definition) is 3. The van der Waals surface area contributed by atoms with Crippen LogP contribution in [0.25, 0.3) is 0 Å². The minimum Gasteiger partial charge on any atom is -0.481 e. The normalized spacial score (nSPS) is 23.5. The molecule has 0 bridgehead atoms. The zero-order chi connectivity index (χ0) is 13.2. The van der Waals surface area contributed by atoms with E-state index in [1.165, 1.54) is 0 Å². The van der Waals surface area contributed by atoms with Crippen molar-refractivity contribution in [3.05, 3.63) is 0 Å². The quantitative estimate of drug-likeness (QED) is 0.778. The molecule has 1 saturated carbocycles. The molecule has 1 aliphatic carbocycles.